The van der Waals surface area contributed by atoms with E-state index in [2.05, 4.69) is 20.4 Å². The fourth-order valence-electron chi connectivity index (χ4n) is 2.23. The highest BCUT2D eigenvalue weighted by Crippen LogP contribution is 2.21. The molecule has 5 nitrogen and oxygen atoms in total. The minimum atomic E-state index is 0.234. The summed E-state index contributed by atoms with van der Waals surface area (Å²) in [7, 11) is 0. The Morgan fingerprint density at radius 2 is 2.17 bits per heavy atom. The molecule has 3 heterocycles. The fourth-order valence-corrected chi connectivity index (χ4v) is 2.23. The Labute approximate surface area is 106 Å². The van der Waals surface area contributed by atoms with Crippen LogP contribution in [-0.2, 0) is 6.42 Å². The molecule has 0 aromatic carbocycles. The van der Waals surface area contributed by atoms with E-state index in [9.17, 15) is 0 Å². The standard InChI is InChI=1S/C13H16N4O/c1-2-6-15-11(3-1)13-16-12(17-18-13)9-10-4-7-14-8-5-10/h4-5,7-8,11,15H,1-3,6,9H2. The summed E-state index contributed by atoms with van der Waals surface area (Å²) in [5.41, 5.74) is 1.15. The van der Waals surface area contributed by atoms with Gasteiger partial charge in [-0.15, -0.1) is 0 Å². The maximum absolute atomic E-state index is 5.34. The second kappa shape index (κ2) is 5.27. The second-order valence-electron chi connectivity index (χ2n) is 4.58. The van der Waals surface area contributed by atoms with Gasteiger partial charge >= 0.3 is 0 Å². The van der Waals surface area contributed by atoms with E-state index in [1.165, 1.54) is 12.8 Å². The Morgan fingerprint density at radius 3 is 2.94 bits per heavy atom. The van der Waals surface area contributed by atoms with E-state index >= 15 is 0 Å². The van der Waals surface area contributed by atoms with Crippen molar-refractivity contribution in [1.82, 2.24) is 20.4 Å². The van der Waals surface area contributed by atoms with Crippen molar-refractivity contribution in [2.75, 3.05) is 6.54 Å². The number of aromatic nitrogens is 3. The summed E-state index contributed by atoms with van der Waals surface area (Å²) < 4.78 is 5.34. The minimum absolute atomic E-state index is 0.234. The van der Waals surface area contributed by atoms with Gasteiger partial charge in [-0.05, 0) is 37.1 Å². The van der Waals surface area contributed by atoms with Crippen molar-refractivity contribution in [3.63, 3.8) is 0 Å². The van der Waals surface area contributed by atoms with E-state index in [1.54, 1.807) is 12.4 Å². The highest BCUT2D eigenvalue weighted by Gasteiger charge is 2.20. The first-order valence-corrected chi connectivity index (χ1v) is 6.36. The predicted molar refractivity (Wildman–Crippen MR) is 65.9 cm³/mol. The lowest BCUT2D eigenvalue weighted by Crippen LogP contribution is -2.27. The molecule has 0 aliphatic carbocycles. The first-order chi connectivity index (χ1) is 8.92. The maximum atomic E-state index is 5.34. The van der Waals surface area contributed by atoms with Crippen LogP contribution in [0.25, 0.3) is 0 Å². The minimum Gasteiger partial charge on any atom is -0.338 e. The number of nitrogens with zero attached hydrogens (tertiary/aromatic N) is 3. The summed E-state index contributed by atoms with van der Waals surface area (Å²) in [6, 6.07) is 4.17. The number of rotatable bonds is 3. The molecular formula is C13H16N4O. The maximum Gasteiger partial charge on any atom is 0.243 e. The van der Waals surface area contributed by atoms with Gasteiger partial charge in [0, 0.05) is 18.8 Å². The normalized spacial score (nSPS) is 19.9. The zero-order valence-electron chi connectivity index (χ0n) is 10.2. The van der Waals surface area contributed by atoms with E-state index in [0.717, 1.165) is 30.2 Å². The van der Waals surface area contributed by atoms with E-state index < -0.39 is 0 Å². The fraction of sp³-hybridized carbons (Fsp3) is 0.462. The van der Waals surface area contributed by atoms with Crippen molar-refractivity contribution in [2.45, 2.75) is 31.7 Å². The average Bonchev–Trinajstić information content (AvgIpc) is 2.89. The van der Waals surface area contributed by atoms with E-state index in [0.29, 0.717) is 6.42 Å². The predicted octanol–water partition coefficient (Wildman–Crippen LogP) is 1.87. The molecule has 0 spiro atoms. The van der Waals surface area contributed by atoms with Crippen LogP contribution in [-0.4, -0.2) is 21.7 Å². The Morgan fingerprint density at radius 1 is 1.28 bits per heavy atom. The first-order valence-electron chi connectivity index (χ1n) is 6.36. The number of nitrogens with one attached hydrogen (secondary N) is 1. The molecule has 0 radical (unpaired) electrons. The number of pyridine rings is 1. The molecule has 1 aliphatic heterocycles. The average molecular weight is 244 g/mol. The van der Waals surface area contributed by atoms with Crippen molar-refractivity contribution in [1.29, 1.82) is 0 Å². The Balaban J connectivity index is 1.69. The zero-order chi connectivity index (χ0) is 12.2. The third kappa shape index (κ3) is 2.56. The van der Waals surface area contributed by atoms with Gasteiger partial charge in [0.05, 0.1) is 6.04 Å². The highest BCUT2D eigenvalue weighted by molar-refractivity contribution is 5.14. The largest absolute Gasteiger partial charge is 0.338 e. The topological polar surface area (TPSA) is 63.8 Å². The van der Waals surface area contributed by atoms with Crippen LogP contribution >= 0.6 is 0 Å². The lowest BCUT2D eigenvalue weighted by Gasteiger charge is -2.19. The molecule has 1 saturated heterocycles. The molecule has 18 heavy (non-hydrogen) atoms. The van der Waals surface area contributed by atoms with Gasteiger partial charge in [-0.3, -0.25) is 4.98 Å². The molecule has 2 aromatic heterocycles. The van der Waals surface area contributed by atoms with Crippen LogP contribution in [0.4, 0.5) is 0 Å². The number of hydrogen-bond donors (Lipinski definition) is 1. The molecule has 1 fully saturated rings. The third-order valence-electron chi connectivity index (χ3n) is 3.20. The lowest BCUT2D eigenvalue weighted by molar-refractivity contribution is 0.296. The lowest BCUT2D eigenvalue weighted by atomic mass is 10.1. The van der Waals surface area contributed by atoms with Gasteiger partial charge in [-0.2, -0.15) is 4.98 Å². The molecule has 1 N–H and O–H groups in total. The van der Waals surface area contributed by atoms with Gasteiger partial charge in [-0.1, -0.05) is 11.6 Å². The number of piperidine rings is 1. The first kappa shape index (κ1) is 11.3. The molecule has 2 aromatic rings. The van der Waals surface area contributed by atoms with Crippen LogP contribution in [0, 0.1) is 0 Å². The quantitative estimate of drug-likeness (QED) is 0.893. The van der Waals surface area contributed by atoms with Gasteiger partial charge < -0.3 is 9.84 Å². The monoisotopic (exact) mass is 244 g/mol. The van der Waals surface area contributed by atoms with E-state index in [1.807, 2.05) is 12.1 Å². The Kier molecular flexibility index (Phi) is 3.32. The summed E-state index contributed by atoms with van der Waals surface area (Å²) in [5, 5.41) is 7.45. The van der Waals surface area contributed by atoms with E-state index in [4.69, 9.17) is 4.52 Å². The summed E-state index contributed by atoms with van der Waals surface area (Å²) in [4.78, 5) is 8.46. The number of hydrogen-bond acceptors (Lipinski definition) is 5. The van der Waals surface area contributed by atoms with Gasteiger partial charge in [0.1, 0.15) is 0 Å². The molecule has 0 bridgehead atoms. The van der Waals surface area contributed by atoms with Crippen LogP contribution in [0.15, 0.2) is 29.0 Å². The van der Waals surface area contributed by atoms with Crippen molar-refractivity contribution in [2.24, 2.45) is 0 Å². The van der Waals surface area contributed by atoms with Crippen LogP contribution in [0.2, 0.25) is 0 Å². The summed E-state index contributed by atoms with van der Waals surface area (Å²) in [6.45, 7) is 1.03. The van der Waals surface area contributed by atoms with Gasteiger partial charge in [-0.25, -0.2) is 0 Å². The summed E-state index contributed by atoms with van der Waals surface area (Å²) in [6.07, 6.45) is 7.78. The molecule has 0 saturated carbocycles. The zero-order valence-corrected chi connectivity index (χ0v) is 10.2. The molecule has 3 rings (SSSR count). The SMILES string of the molecule is c1cc(Cc2noc(C3CCCCN3)n2)ccn1. The third-order valence-corrected chi connectivity index (χ3v) is 3.20. The van der Waals surface area contributed by atoms with Crippen molar-refractivity contribution in [3.05, 3.63) is 41.8 Å². The van der Waals surface area contributed by atoms with Crippen LogP contribution in [0.5, 0.6) is 0 Å². The summed E-state index contributed by atoms with van der Waals surface area (Å²) in [5.74, 6) is 1.46. The van der Waals surface area contributed by atoms with Gasteiger partial charge in [0.25, 0.3) is 0 Å². The Bertz CT molecular complexity index is 491. The molecule has 1 aliphatic rings. The molecule has 0 amide bonds. The van der Waals surface area contributed by atoms with Crippen molar-refractivity contribution in [3.8, 4) is 0 Å². The van der Waals surface area contributed by atoms with E-state index in [-0.39, 0.29) is 6.04 Å². The molecular weight excluding hydrogens is 228 g/mol. The van der Waals surface area contributed by atoms with Crippen LogP contribution in [0.1, 0.15) is 42.6 Å². The highest BCUT2D eigenvalue weighted by atomic mass is 16.5. The van der Waals surface area contributed by atoms with Crippen LogP contribution in [0.3, 0.4) is 0 Å². The molecule has 1 unspecified atom stereocenters. The van der Waals surface area contributed by atoms with Gasteiger partial charge in [0.15, 0.2) is 5.82 Å². The molecule has 5 heteroatoms. The van der Waals surface area contributed by atoms with Crippen molar-refractivity contribution >= 4 is 0 Å². The smallest absolute Gasteiger partial charge is 0.243 e. The van der Waals surface area contributed by atoms with Gasteiger partial charge in [0.2, 0.25) is 5.89 Å². The molecule has 94 valence electrons. The Hall–Kier alpha value is -1.75. The van der Waals surface area contributed by atoms with Crippen molar-refractivity contribution < 1.29 is 4.52 Å². The second-order valence-corrected chi connectivity index (χ2v) is 4.58. The summed E-state index contributed by atoms with van der Waals surface area (Å²) >= 11 is 0. The molecule has 1 atom stereocenters. The van der Waals surface area contributed by atoms with Crippen LogP contribution < -0.4 is 5.32 Å².